The van der Waals surface area contributed by atoms with Crippen LogP contribution in [0.3, 0.4) is 0 Å². The predicted molar refractivity (Wildman–Crippen MR) is 87.9 cm³/mol. The third-order valence-corrected chi connectivity index (χ3v) is 5.02. The van der Waals surface area contributed by atoms with Gasteiger partial charge in [0.05, 0.1) is 0 Å². The van der Waals surface area contributed by atoms with E-state index in [9.17, 15) is 4.39 Å². The summed E-state index contributed by atoms with van der Waals surface area (Å²) in [6.45, 7) is 5.54. The van der Waals surface area contributed by atoms with Gasteiger partial charge in [0.25, 0.3) is 0 Å². The molecule has 2 heteroatoms. The second kappa shape index (κ2) is 8.53. The van der Waals surface area contributed by atoms with Crippen LogP contribution in [-0.2, 0) is 6.42 Å². The molecule has 1 aliphatic rings. The highest BCUT2D eigenvalue weighted by Gasteiger charge is 2.28. The monoisotopic (exact) mass is 291 g/mol. The molecule has 21 heavy (non-hydrogen) atoms. The van der Waals surface area contributed by atoms with Crippen molar-refractivity contribution in [2.45, 2.75) is 64.8 Å². The van der Waals surface area contributed by atoms with Crippen LogP contribution in [-0.4, -0.2) is 12.6 Å². The molecule has 1 saturated carbocycles. The number of benzene rings is 1. The van der Waals surface area contributed by atoms with Gasteiger partial charge in [0.15, 0.2) is 0 Å². The summed E-state index contributed by atoms with van der Waals surface area (Å²) in [4.78, 5) is 0. The minimum atomic E-state index is -0.0522. The van der Waals surface area contributed by atoms with Gasteiger partial charge in [-0.15, -0.1) is 0 Å². The lowest BCUT2D eigenvalue weighted by atomic mass is 9.75. The summed E-state index contributed by atoms with van der Waals surface area (Å²) in [6, 6.07) is 7.68. The van der Waals surface area contributed by atoms with Crippen molar-refractivity contribution in [2.24, 2.45) is 11.8 Å². The summed E-state index contributed by atoms with van der Waals surface area (Å²) < 4.78 is 14.0. The summed E-state index contributed by atoms with van der Waals surface area (Å²) in [5.74, 6) is 1.52. The molecule has 1 fully saturated rings. The van der Waals surface area contributed by atoms with E-state index >= 15 is 0 Å². The summed E-state index contributed by atoms with van der Waals surface area (Å²) in [5.41, 5.74) is 0.865. The minimum Gasteiger partial charge on any atom is -0.313 e. The first-order chi connectivity index (χ1) is 10.2. The lowest BCUT2D eigenvalue weighted by Crippen LogP contribution is -2.40. The fourth-order valence-corrected chi connectivity index (χ4v) is 3.70. The van der Waals surface area contributed by atoms with E-state index < -0.39 is 0 Å². The Morgan fingerprint density at radius 2 is 2.05 bits per heavy atom. The molecule has 0 radical (unpaired) electrons. The standard InChI is InChI=1S/C19H30FN/c1-3-12-21-19(14-16-9-5-6-11-18(16)20)17-10-7-8-15(4-2)13-17/h5-6,9,11,15,17,19,21H,3-4,7-8,10,12-14H2,1-2H3. The average molecular weight is 291 g/mol. The van der Waals surface area contributed by atoms with Crippen LogP contribution in [0.4, 0.5) is 4.39 Å². The number of rotatable bonds is 7. The van der Waals surface area contributed by atoms with Crippen LogP contribution in [0.1, 0.15) is 57.9 Å². The maximum atomic E-state index is 14.0. The zero-order valence-electron chi connectivity index (χ0n) is 13.6. The van der Waals surface area contributed by atoms with Crippen LogP contribution in [0.5, 0.6) is 0 Å². The van der Waals surface area contributed by atoms with Gasteiger partial charge in [0, 0.05) is 6.04 Å². The summed E-state index contributed by atoms with van der Waals surface area (Å²) in [6.07, 6.45) is 8.58. The zero-order chi connectivity index (χ0) is 15.1. The van der Waals surface area contributed by atoms with Crippen LogP contribution in [0, 0.1) is 17.7 Å². The maximum Gasteiger partial charge on any atom is 0.126 e. The molecule has 0 saturated heterocycles. The van der Waals surface area contributed by atoms with Crippen molar-refractivity contribution in [3.63, 3.8) is 0 Å². The molecule has 0 aromatic heterocycles. The Balaban J connectivity index is 2.05. The number of hydrogen-bond acceptors (Lipinski definition) is 1. The first kappa shape index (κ1) is 16.5. The second-order valence-corrected chi connectivity index (χ2v) is 6.56. The topological polar surface area (TPSA) is 12.0 Å². The van der Waals surface area contributed by atoms with Crippen LogP contribution < -0.4 is 5.32 Å². The lowest BCUT2D eigenvalue weighted by Gasteiger charge is -2.35. The van der Waals surface area contributed by atoms with Crippen LogP contribution >= 0.6 is 0 Å². The van der Waals surface area contributed by atoms with E-state index in [2.05, 4.69) is 19.2 Å². The van der Waals surface area contributed by atoms with Crippen molar-refractivity contribution < 1.29 is 4.39 Å². The molecular weight excluding hydrogens is 261 g/mol. The lowest BCUT2D eigenvalue weighted by molar-refractivity contribution is 0.206. The molecule has 2 rings (SSSR count). The van der Waals surface area contributed by atoms with Crippen molar-refractivity contribution >= 4 is 0 Å². The van der Waals surface area contributed by atoms with E-state index in [1.807, 2.05) is 12.1 Å². The molecule has 3 unspecified atom stereocenters. The number of halogens is 1. The highest BCUT2D eigenvalue weighted by Crippen LogP contribution is 2.34. The Hall–Kier alpha value is -0.890. The van der Waals surface area contributed by atoms with Crippen molar-refractivity contribution in [1.82, 2.24) is 5.32 Å². The predicted octanol–water partition coefficient (Wildman–Crippen LogP) is 4.95. The van der Waals surface area contributed by atoms with Gasteiger partial charge in [0.1, 0.15) is 5.82 Å². The fraction of sp³-hybridized carbons (Fsp3) is 0.684. The molecule has 0 heterocycles. The molecule has 0 spiro atoms. The Morgan fingerprint density at radius 3 is 2.76 bits per heavy atom. The fourth-order valence-electron chi connectivity index (χ4n) is 3.70. The van der Waals surface area contributed by atoms with Gasteiger partial charge in [-0.25, -0.2) is 4.39 Å². The van der Waals surface area contributed by atoms with Crippen molar-refractivity contribution in [2.75, 3.05) is 6.54 Å². The van der Waals surface area contributed by atoms with Gasteiger partial charge < -0.3 is 5.32 Å². The third-order valence-electron chi connectivity index (χ3n) is 5.02. The number of hydrogen-bond donors (Lipinski definition) is 1. The highest BCUT2D eigenvalue weighted by atomic mass is 19.1. The molecular formula is C19H30FN. The van der Waals surface area contributed by atoms with E-state index in [1.54, 1.807) is 12.1 Å². The summed E-state index contributed by atoms with van der Waals surface area (Å²) >= 11 is 0. The molecule has 0 aliphatic heterocycles. The zero-order valence-corrected chi connectivity index (χ0v) is 13.6. The Morgan fingerprint density at radius 1 is 1.24 bits per heavy atom. The van der Waals surface area contributed by atoms with Gasteiger partial charge >= 0.3 is 0 Å². The molecule has 1 aromatic carbocycles. The molecule has 118 valence electrons. The van der Waals surface area contributed by atoms with E-state index in [4.69, 9.17) is 0 Å². The highest BCUT2D eigenvalue weighted by molar-refractivity contribution is 5.18. The molecule has 1 nitrogen and oxygen atoms in total. The van der Waals surface area contributed by atoms with E-state index in [0.717, 1.165) is 30.9 Å². The van der Waals surface area contributed by atoms with Gasteiger partial charge in [-0.05, 0) is 55.7 Å². The molecule has 1 aromatic rings. The van der Waals surface area contributed by atoms with Gasteiger partial charge in [-0.2, -0.15) is 0 Å². The SMILES string of the molecule is CCCNC(Cc1ccccc1F)C1CCCC(CC)C1. The first-order valence-electron chi connectivity index (χ1n) is 8.71. The molecule has 1 N–H and O–H groups in total. The van der Waals surface area contributed by atoms with Crippen molar-refractivity contribution in [3.05, 3.63) is 35.6 Å². The largest absolute Gasteiger partial charge is 0.313 e. The van der Waals surface area contributed by atoms with Crippen LogP contribution in [0.15, 0.2) is 24.3 Å². The minimum absolute atomic E-state index is 0.0522. The summed E-state index contributed by atoms with van der Waals surface area (Å²) in [7, 11) is 0. The second-order valence-electron chi connectivity index (χ2n) is 6.56. The Bertz CT molecular complexity index is 418. The Labute approximate surface area is 129 Å². The quantitative estimate of drug-likeness (QED) is 0.749. The van der Waals surface area contributed by atoms with E-state index in [1.165, 1.54) is 32.1 Å². The van der Waals surface area contributed by atoms with E-state index in [-0.39, 0.29) is 5.82 Å². The average Bonchev–Trinajstić information content (AvgIpc) is 2.53. The van der Waals surface area contributed by atoms with Crippen molar-refractivity contribution in [1.29, 1.82) is 0 Å². The van der Waals surface area contributed by atoms with Gasteiger partial charge in [-0.3, -0.25) is 0 Å². The molecule has 0 amide bonds. The first-order valence-corrected chi connectivity index (χ1v) is 8.71. The maximum absolute atomic E-state index is 14.0. The van der Waals surface area contributed by atoms with Crippen LogP contribution in [0.2, 0.25) is 0 Å². The third kappa shape index (κ3) is 4.81. The smallest absolute Gasteiger partial charge is 0.126 e. The van der Waals surface area contributed by atoms with Gasteiger partial charge in [-0.1, -0.05) is 51.3 Å². The number of nitrogens with one attached hydrogen (secondary N) is 1. The normalized spacial score (nSPS) is 24.0. The van der Waals surface area contributed by atoms with Crippen LogP contribution in [0.25, 0.3) is 0 Å². The Kier molecular flexibility index (Phi) is 6.69. The summed E-state index contributed by atoms with van der Waals surface area (Å²) in [5, 5.41) is 3.69. The van der Waals surface area contributed by atoms with E-state index in [0.29, 0.717) is 12.0 Å². The molecule has 1 aliphatic carbocycles. The molecule has 0 bridgehead atoms. The van der Waals surface area contributed by atoms with Crippen molar-refractivity contribution in [3.8, 4) is 0 Å². The molecule has 3 atom stereocenters. The van der Waals surface area contributed by atoms with Gasteiger partial charge in [0.2, 0.25) is 0 Å².